The zero-order chi connectivity index (χ0) is 20.8. The third-order valence-electron chi connectivity index (χ3n) is 5.62. The maximum absolute atomic E-state index is 12.5. The molecule has 0 bridgehead atoms. The Morgan fingerprint density at radius 1 is 1.14 bits per heavy atom. The van der Waals surface area contributed by atoms with Crippen LogP contribution in [0.3, 0.4) is 0 Å². The first kappa shape index (κ1) is 21.2. The maximum Gasteiger partial charge on any atom is 0.224 e. The van der Waals surface area contributed by atoms with Crippen LogP contribution >= 0.6 is 0 Å². The Kier molecular flexibility index (Phi) is 7.15. The average molecular weight is 396 g/mol. The molecule has 1 N–H and O–H groups in total. The number of hydrogen-bond donors (Lipinski definition) is 1. The van der Waals surface area contributed by atoms with Crippen molar-refractivity contribution in [1.29, 1.82) is 0 Å². The van der Waals surface area contributed by atoms with Crippen LogP contribution < -0.4 is 15.0 Å². The first-order chi connectivity index (χ1) is 14.0. The summed E-state index contributed by atoms with van der Waals surface area (Å²) >= 11 is 0. The third-order valence-corrected chi connectivity index (χ3v) is 5.62. The molecule has 29 heavy (non-hydrogen) atoms. The average Bonchev–Trinajstić information content (AvgIpc) is 2.69. The Bertz CT molecular complexity index is 829. The molecule has 0 aliphatic carbocycles. The molecule has 2 aromatic carbocycles. The highest BCUT2D eigenvalue weighted by molar-refractivity contribution is 5.91. The van der Waals surface area contributed by atoms with Crippen molar-refractivity contribution in [3.63, 3.8) is 0 Å². The van der Waals surface area contributed by atoms with E-state index in [0.717, 1.165) is 49.6 Å². The summed E-state index contributed by atoms with van der Waals surface area (Å²) in [5.74, 6) is 1.17. The van der Waals surface area contributed by atoms with E-state index in [-0.39, 0.29) is 11.8 Å². The van der Waals surface area contributed by atoms with Crippen molar-refractivity contribution < 1.29 is 9.53 Å². The molecule has 1 unspecified atom stereocenters. The summed E-state index contributed by atoms with van der Waals surface area (Å²) in [4.78, 5) is 17.3. The number of nitrogens with one attached hydrogen (secondary N) is 1. The highest BCUT2D eigenvalue weighted by atomic mass is 16.5. The molecule has 0 saturated carbocycles. The number of methoxy groups -OCH3 is 1. The van der Waals surface area contributed by atoms with Crippen LogP contribution in [0.5, 0.6) is 5.75 Å². The Morgan fingerprint density at radius 3 is 2.55 bits per heavy atom. The number of piperazine rings is 1. The molecule has 2 aromatic rings. The number of carbonyl (C=O) groups excluding carboxylic acids is 1. The number of ether oxygens (including phenoxy) is 1. The zero-order valence-electron chi connectivity index (χ0n) is 18.1. The lowest BCUT2D eigenvalue weighted by Crippen LogP contribution is -2.44. The second-order valence-corrected chi connectivity index (χ2v) is 8.17. The van der Waals surface area contributed by atoms with Gasteiger partial charge in [0.1, 0.15) is 5.75 Å². The van der Waals surface area contributed by atoms with E-state index in [1.807, 2.05) is 24.3 Å². The summed E-state index contributed by atoms with van der Waals surface area (Å²) in [5.41, 5.74) is 4.48. The van der Waals surface area contributed by atoms with Crippen molar-refractivity contribution in [2.75, 3.05) is 50.6 Å². The number of hydrogen-bond acceptors (Lipinski definition) is 4. The normalized spacial score (nSPS) is 15.8. The fourth-order valence-corrected chi connectivity index (χ4v) is 3.98. The zero-order valence-corrected chi connectivity index (χ0v) is 18.1. The Morgan fingerprint density at radius 2 is 1.86 bits per heavy atom. The molecule has 5 nitrogen and oxygen atoms in total. The summed E-state index contributed by atoms with van der Waals surface area (Å²) < 4.78 is 5.42. The van der Waals surface area contributed by atoms with E-state index in [0.29, 0.717) is 6.42 Å². The molecule has 1 saturated heterocycles. The molecule has 1 aliphatic heterocycles. The van der Waals surface area contributed by atoms with Gasteiger partial charge in [0.25, 0.3) is 0 Å². The van der Waals surface area contributed by atoms with Gasteiger partial charge in [-0.1, -0.05) is 25.1 Å². The number of amides is 1. The van der Waals surface area contributed by atoms with Crippen LogP contribution in [0.15, 0.2) is 42.5 Å². The van der Waals surface area contributed by atoms with E-state index in [9.17, 15) is 4.79 Å². The van der Waals surface area contributed by atoms with Gasteiger partial charge in [-0.15, -0.1) is 0 Å². The van der Waals surface area contributed by atoms with Crippen molar-refractivity contribution in [3.8, 4) is 5.75 Å². The summed E-state index contributed by atoms with van der Waals surface area (Å²) in [6, 6.07) is 14.2. The summed E-state index contributed by atoms with van der Waals surface area (Å²) in [7, 11) is 3.85. The van der Waals surface area contributed by atoms with Crippen molar-refractivity contribution in [2.24, 2.45) is 5.92 Å². The SMILES string of the molecule is COc1ccccc1CC(C)CC(=O)Nc1ccc(N2CCN(C)CC2)c(C)c1. The van der Waals surface area contributed by atoms with Gasteiger partial charge in [-0.3, -0.25) is 4.79 Å². The van der Waals surface area contributed by atoms with Crippen LogP contribution in [0.2, 0.25) is 0 Å². The number of anilines is 2. The van der Waals surface area contributed by atoms with Gasteiger partial charge in [-0.25, -0.2) is 0 Å². The lowest BCUT2D eigenvalue weighted by molar-refractivity contribution is -0.116. The van der Waals surface area contributed by atoms with Crippen LogP contribution in [0.1, 0.15) is 24.5 Å². The molecule has 0 aromatic heterocycles. The van der Waals surface area contributed by atoms with Crippen LogP contribution in [0.25, 0.3) is 0 Å². The predicted molar refractivity (Wildman–Crippen MR) is 120 cm³/mol. The van der Waals surface area contributed by atoms with Crippen molar-refractivity contribution >= 4 is 17.3 Å². The van der Waals surface area contributed by atoms with Gasteiger partial charge in [0, 0.05) is 44.0 Å². The smallest absolute Gasteiger partial charge is 0.224 e. The van der Waals surface area contributed by atoms with Gasteiger partial charge in [0.05, 0.1) is 7.11 Å². The van der Waals surface area contributed by atoms with Crippen molar-refractivity contribution in [3.05, 3.63) is 53.6 Å². The molecule has 0 radical (unpaired) electrons. The Balaban J connectivity index is 1.55. The van der Waals surface area contributed by atoms with Crippen LogP contribution in [0, 0.1) is 12.8 Å². The highest BCUT2D eigenvalue weighted by Gasteiger charge is 2.17. The minimum Gasteiger partial charge on any atom is -0.496 e. The fraction of sp³-hybridized carbons (Fsp3) is 0.458. The summed E-state index contributed by atoms with van der Waals surface area (Å²) in [6.45, 7) is 8.48. The number of likely N-dealkylation sites (N-methyl/N-ethyl adjacent to an activating group) is 1. The Labute approximate surface area is 174 Å². The molecule has 5 heteroatoms. The number of para-hydroxylation sites is 1. The number of nitrogens with zero attached hydrogens (tertiary/aromatic N) is 2. The van der Waals surface area contributed by atoms with E-state index in [1.165, 1.54) is 11.3 Å². The van der Waals surface area contributed by atoms with E-state index in [2.05, 4.69) is 54.2 Å². The molecule has 1 aliphatic rings. The van der Waals surface area contributed by atoms with Gasteiger partial charge in [0.15, 0.2) is 0 Å². The first-order valence-electron chi connectivity index (χ1n) is 10.4. The van der Waals surface area contributed by atoms with Gasteiger partial charge >= 0.3 is 0 Å². The highest BCUT2D eigenvalue weighted by Crippen LogP contribution is 2.26. The van der Waals surface area contributed by atoms with Crippen molar-refractivity contribution in [2.45, 2.75) is 26.7 Å². The van der Waals surface area contributed by atoms with E-state index < -0.39 is 0 Å². The topological polar surface area (TPSA) is 44.8 Å². The van der Waals surface area contributed by atoms with Crippen molar-refractivity contribution in [1.82, 2.24) is 4.90 Å². The van der Waals surface area contributed by atoms with Gasteiger partial charge in [-0.05, 0) is 61.7 Å². The van der Waals surface area contributed by atoms with Gasteiger partial charge < -0.3 is 19.9 Å². The molecular weight excluding hydrogens is 362 g/mol. The number of aryl methyl sites for hydroxylation is 1. The minimum absolute atomic E-state index is 0.0548. The molecule has 3 rings (SSSR count). The largest absolute Gasteiger partial charge is 0.496 e. The van der Waals surface area contributed by atoms with Gasteiger partial charge in [0.2, 0.25) is 5.91 Å². The fourth-order valence-electron chi connectivity index (χ4n) is 3.98. The summed E-state index contributed by atoms with van der Waals surface area (Å²) in [6.07, 6.45) is 1.30. The minimum atomic E-state index is 0.0548. The second-order valence-electron chi connectivity index (χ2n) is 8.17. The lowest BCUT2D eigenvalue weighted by Gasteiger charge is -2.35. The third kappa shape index (κ3) is 5.73. The van der Waals surface area contributed by atoms with E-state index in [4.69, 9.17) is 4.74 Å². The molecule has 156 valence electrons. The molecule has 1 heterocycles. The standard InChI is InChI=1S/C24H33N3O2/c1-18(15-20-7-5-6-8-23(20)29-4)16-24(28)25-21-9-10-22(19(2)17-21)27-13-11-26(3)12-14-27/h5-10,17-18H,11-16H2,1-4H3,(H,25,28). The van der Waals surface area contributed by atoms with Crippen LogP contribution in [0.4, 0.5) is 11.4 Å². The predicted octanol–water partition coefficient (Wildman–Crippen LogP) is 3.96. The number of benzene rings is 2. The second kappa shape index (κ2) is 9.79. The number of carbonyl (C=O) groups is 1. The quantitative estimate of drug-likeness (QED) is 0.771. The summed E-state index contributed by atoms with van der Waals surface area (Å²) in [5, 5.41) is 3.07. The number of rotatable bonds is 7. The molecule has 1 amide bonds. The first-order valence-corrected chi connectivity index (χ1v) is 10.4. The molecule has 1 fully saturated rings. The van der Waals surface area contributed by atoms with Crippen LogP contribution in [-0.4, -0.2) is 51.1 Å². The Hall–Kier alpha value is -2.53. The monoisotopic (exact) mass is 395 g/mol. The van der Waals surface area contributed by atoms with Gasteiger partial charge in [-0.2, -0.15) is 0 Å². The van der Waals surface area contributed by atoms with E-state index in [1.54, 1.807) is 7.11 Å². The lowest BCUT2D eigenvalue weighted by atomic mass is 9.97. The van der Waals surface area contributed by atoms with E-state index >= 15 is 0 Å². The maximum atomic E-state index is 12.5. The van der Waals surface area contributed by atoms with Crippen LogP contribution in [-0.2, 0) is 11.2 Å². The molecule has 0 spiro atoms. The molecular formula is C24H33N3O2. The molecule has 1 atom stereocenters.